The molecule has 0 spiro atoms. The third-order valence-corrected chi connectivity index (χ3v) is 4.57. The number of pyridine rings is 1. The number of allylic oxidation sites excluding steroid dienone is 4. The molecule has 1 aliphatic carbocycles. The van der Waals surface area contributed by atoms with Crippen molar-refractivity contribution in [1.29, 1.82) is 0 Å². The number of aromatic nitrogens is 1. The zero-order valence-corrected chi connectivity index (χ0v) is 13.5. The topological polar surface area (TPSA) is 39.1 Å². The second-order valence-corrected chi connectivity index (χ2v) is 6.22. The van der Waals surface area contributed by atoms with Gasteiger partial charge in [0.15, 0.2) is 5.78 Å². The van der Waals surface area contributed by atoms with Crippen LogP contribution in [0.1, 0.15) is 6.42 Å². The lowest BCUT2D eigenvalue weighted by Gasteiger charge is -2.14. The molecule has 4 heteroatoms. The van der Waals surface area contributed by atoms with Crippen LogP contribution < -0.4 is 5.56 Å². The molecule has 0 saturated heterocycles. The fourth-order valence-corrected chi connectivity index (χ4v) is 3.35. The summed E-state index contributed by atoms with van der Waals surface area (Å²) in [4.78, 5) is 24.2. The van der Waals surface area contributed by atoms with Gasteiger partial charge in [-0.1, -0.05) is 36.4 Å². The Morgan fingerprint density at radius 2 is 1.86 bits per heavy atom. The van der Waals surface area contributed by atoms with Crippen molar-refractivity contribution in [3.63, 3.8) is 0 Å². The summed E-state index contributed by atoms with van der Waals surface area (Å²) in [7, 11) is 0. The molecule has 3 rings (SSSR count). The summed E-state index contributed by atoms with van der Waals surface area (Å²) in [6.07, 6.45) is 9.66. The lowest BCUT2D eigenvalue weighted by molar-refractivity contribution is -0.117. The first-order chi connectivity index (χ1) is 10.2. The minimum atomic E-state index is -0.119. The highest BCUT2D eigenvalue weighted by atomic mass is 127. The van der Waals surface area contributed by atoms with Crippen molar-refractivity contribution in [2.45, 2.75) is 13.0 Å². The minimum absolute atomic E-state index is 0.00814. The summed E-state index contributed by atoms with van der Waals surface area (Å²) in [5.41, 5.74) is 0.00814. The number of hydrogen-bond acceptors (Lipinski definition) is 2. The van der Waals surface area contributed by atoms with Crippen LogP contribution in [0.5, 0.6) is 0 Å². The standard InChI is InChI=1S/C17H14INO2/c18-15-11-19(10-9-12-5-1-4-8-16(12)20)17(21)14-7-3-2-6-13(14)15/h1-8,11-12H,9-10H2. The Hall–Kier alpha value is -1.69. The molecule has 1 unspecified atom stereocenters. The molecule has 1 aliphatic rings. The van der Waals surface area contributed by atoms with E-state index in [0.717, 1.165) is 14.3 Å². The quantitative estimate of drug-likeness (QED) is 0.754. The monoisotopic (exact) mass is 391 g/mol. The zero-order chi connectivity index (χ0) is 14.8. The van der Waals surface area contributed by atoms with E-state index in [2.05, 4.69) is 22.6 Å². The summed E-state index contributed by atoms with van der Waals surface area (Å²) in [6, 6.07) is 7.63. The maximum absolute atomic E-state index is 12.5. The normalized spacial score (nSPS) is 17.6. The van der Waals surface area contributed by atoms with Crippen molar-refractivity contribution >= 4 is 39.1 Å². The summed E-state index contributed by atoms with van der Waals surface area (Å²) in [5, 5.41) is 1.71. The number of carbonyl (C=O) groups is 1. The van der Waals surface area contributed by atoms with Gasteiger partial charge in [-0.3, -0.25) is 9.59 Å². The second kappa shape index (κ2) is 5.97. The Morgan fingerprint density at radius 3 is 2.62 bits per heavy atom. The van der Waals surface area contributed by atoms with Crippen molar-refractivity contribution in [3.8, 4) is 0 Å². The van der Waals surface area contributed by atoms with Gasteiger partial charge in [-0.05, 0) is 41.2 Å². The molecule has 1 aromatic carbocycles. The summed E-state index contributed by atoms with van der Waals surface area (Å²) in [5.74, 6) is -0.00735. The number of benzene rings is 1. The van der Waals surface area contributed by atoms with Gasteiger partial charge < -0.3 is 4.57 Å². The number of aryl methyl sites for hydroxylation is 1. The lowest BCUT2D eigenvalue weighted by Crippen LogP contribution is -2.23. The highest BCUT2D eigenvalue weighted by Crippen LogP contribution is 2.18. The van der Waals surface area contributed by atoms with Crippen LogP contribution in [0.3, 0.4) is 0 Å². The van der Waals surface area contributed by atoms with E-state index in [1.807, 2.05) is 42.6 Å². The molecule has 0 saturated carbocycles. The van der Waals surface area contributed by atoms with Crippen LogP contribution in [0, 0.1) is 9.49 Å². The number of halogens is 1. The lowest BCUT2D eigenvalue weighted by atomic mass is 9.96. The molecule has 1 aromatic heterocycles. The van der Waals surface area contributed by atoms with Crippen LogP contribution in [-0.4, -0.2) is 10.4 Å². The van der Waals surface area contributed by atoms with Crippen LogP contribution in [-0.2, 0) is 11.3 Å². The second-order valence-electron chi connectivity index (χ2n) is 5.06. The zero-order valence-electron chi connectivity index (χ0n) is 11.3. The fraction of sp³-hybridized carbons (Fsp3) is 0.176. The molecular formula is C17H14INO2. The first-order valence-corrected chi connectivity index (χ1v) is 7.91. The van der Waals surface area contributed by atoms with Gasteiger partial charge in [0.25, 0.3) is 5.56 Å². The van der Waals surface area contributed by atoms with Crippen molar-refractivity contribution < 1.29 is 4.79 Å². The largest absolute Gasteiger partial charge is 0.314 e. The van der Waals surface area contributed by atoms with E-state index >= 15 is 0 Å². The molecule has 2 aromatic rings. The summed E-state index contributed by atoms with van der Waals surface area (Å²) >= 11 is 2.25. The van der Waals surface area contributed by atoms with Crippen LogP contribution in [0.25, 0.3) is 10.8 Å². The molecule has 0 bridgehead atoms. The van der Waals surface area contributed by atoms with Gasteiger partial charge in [0.2, 0.25) is 0 Å². The number of fused-ring (bicyclic) bond motifs is 1. The summed E-state index contributed by atoms with van der Waals surface area (Å²) < 4.78 is 2.76. The molecule has 1 atom stereocenters. The van der Waals surface area contributed by atoms with Gasteiger partial charge >= 0.3 is 0 Å². The number of ketones is 1. The van der Waals surface area contributed by atoms with Gasteiger partial charge in [0.05, 0.1) is 0 Å². The average Bonchev–Trinajstić information content (AvgIpc) is 2.51. The van der Waals surface area contributed by atoms with Gasteiger partial charge in [-0.25, -0.2) is 0 Å². The minimum Gasteiger partial charge on any atom is -0.314 e. The van der Waals surface area contributed by atoms with E-state index in [1.165, 1.54) is 0 Å². The maximum Gasteiger partial charge on any atom is 0.258 e. The first-order valence-electron chi connectivity index (χ1n) is 6.83. The van der Waals surface area contributed by atoms with Gasteiger partial charge in [-0.2, -0.15) is 0 Å². The third kappa shape index (κ3) is 2.85. The smallest absolute Gasteiger partial charge is 0.258 e. The molecule has 0 amide bonds. The van der Waals surface area contributed by atoms with E-state index in [9.17, 15) is 9.59 Å². The SMILES string of the molecule is O=C1C=CC=CC1CCn1cc(I)c2ccccc2c1=O. The molecule has 0 N–H and O–H groups in total. The highest BCUT2D eigenvalue weighted by molar-refractivity contribution is 14.1. The highest BCUT2D eigenvalue weighted by Gasteiger charge is 2.15. The summed E-state index contributed by atoms with van der Waals surface area (Å²) in [6.45, 7) is 0.550. The van der Waals surface area contributed by atoms with Crippen LogP contribution >= 0.6 is 22.6 Å². The van der Waals surface area contributed by atoms with E-state index in [1.54, 1.807) is 16.7 Å². The van der Waals surface area contributed by atoms with Gasteiger partial charge in [0, 0.05) is 33.0 Å². The Kier molecular flexibility index (Phi) is 4.05. The fourth-order valence-electron chi connectivity index (χ4n) is 2.55. The first kappa shape index (κ1) is 14.3. The molecule has 3 nitrogen and oxygen atoms in total. The van der Waals surface area contributed by atoms with Gasteiger partial charge in [0.1, 0.15) is 0 Å². The van der Waals surface area contributed by atoms with E-state index in [0.29, 0.717) is 13.0 Å². The predicted octanol–water partition coefficient (Wildman–Crippen LogP) is 3.31. The van der Waals surface area contributed by atoms with Crippen LogP contribution in [0.15, 0.2) is 59.6 Å². The van der Waals surface area contributed by atoms with E-state index in [4.69, 9.17) is 0 Å². The molecule has 0 fully saturated rings. The molecule has 0 radical (unpaired) electrons. The van der Waals surface area contributed by atoms with Crippen molar-refractivity contribution in [2.75, 3.05) is 0 Å². The molecule has 21 heavy (non-hydrogen) atoms. The van der Waals surface area contributed by atoms with Crippen molar-refractivity contribution in [1.82, 2.24) is 4.57 Å². The third-order valence-electron chi connectivity index (χ3n) is 3.71. The Morgan fingerprint density at radius 1 is 1.10 bits per heavy atom. The predicted molar refractivity (Wildman–Crippen MR) is 92.3 cm³/mol. The molecule has 1 heterocycles. The number of rotatable bonds is 3. The Balaban J connectivity index is 1.89. The Bertz CT molecular complexity index is 817. The van der Waals surface area contributed by atoms with E-state index in [-0.39, 0.29) is 17.3 Å². The van der Waals surface area contributed by atoms with Crippen molar-refractivity contribution in [3.05, 3.63) is 68.7 Å². The average molecular weight is 391 g/mol. The van der Waals surface area contributed by atoms with E-state index < -0.39 is 0 Å². The maximum atomic E-state index is 12.5. The molecule has 106 valence electrons. The number of carbonyl (C=O) groups excluding carboxylic acids is 1. The van der Waals surface area contributed by atoms with Gasteiger partial charge in [-0.15, -0.1) is 0 Å². The number of nitrogens with zero attached hydrogens (tertiary/aromatic N) is 1. The molecule has 0 aliphatic heterocycles. The van der Waals surface area contributed by atoms with Crippen molar-refractivity contribution in [2.24, 2.45) is 5.92 Å². The van der Waals surface area contributed by atoms with Crippen LogP contribution in [0.4, 0.5) is 0 Å². The molecular weight excluding hydrogens is 377 g/mol. The van der Waals surface area contributed by atoms with Crippen LogP contribution in [0.2, 0.25) is 0 Å². The Labute approximate surface area is 136 Å². The number of hydrogen-bond donors (Lipinski definition) is 0.